The number of ketones is 1. The van der Waals surface area contributed by atoms with E-state index >= 15 is 0 Å². The van der Waals surface area contributed by atoms with E-state index in [1.807, 2.05) is 36.4 Å². The maximum Gasteiger partial charge on any atom is 0.229 e. The van der Waals surface area contributed by atoms with Crippen molar-refractivity contribution in [2.75, 3.05) is 23.3 Å². The van der Waals surface area contributed by atoms with E-state index in [2.05, 4.69) is 26.3 Å². The molecule has 3 heterocycles. The first kappa shape index (κ1) is 20.7. The minimum atomic E-state index is -0.125. The molecule has 4 rings (SSSR count). The first-order valence-corrected chi connectivity index (χ1v) is 10.9. The third-order valence-electron chi connectivity index (χ3n) is 5.29. The van der Waals surface area contributed by atoms with Crippen molar-refractivity contribution in [2.45, 2.75) is 19.8 Å². The van der Waals surface area contributed by atoms with Gasteiger partial charge in [-0.15, -0.1) is 0 Å². The molecule has 8 heteroatoms. The lowest BCUT2D eigenvalue weighted by atomic mass is 9.96. The van der Waals surface area contributed by atoms with Crippen LogP contribution in [0.2, 0.25) is 0 Å². The van der Waals surface area contributed by atoms with E-state index in [9.17, 15) is 9.59 Å². The molecule has 1 fully saturated rings. The molecule has 2 aromatic heterocycles. The number of nitriles is 1. The minimum absolute atomic E-state index is 0.0694. The van der Waals surface area contributed by atoms with E-state index in [0.29, 0.717) is 47.2 Å². The van der Waals surface area contributed by atoms with Gasteiger partial charge >= 0.3 is 0 Å². The van der Waals surface area contributed by atoms with Crippen molar-refractivity contribution in [2.24, 2.45) is 5.92 Å². The second kappa shape index (κ2) is 9.06. The fraction of sp³-hybridized carbons (Fsp3) is 0.261. The number of thiazole rings is 1. The number of hydrogen-bond donors (Lipinski definition) is 1. The molecule has 0 aliphatic carbocycles. The van der Waals surface area contributed by atoms with Crippen molar-refractivity contribution in [3.63, 3.8) is 0 Å². The van der Waals surface area contributed by atoms with Crippen molar-refractivity contribution in [3.8, 4) is 17.3 Å². The van der Waals surface area contributed by atoms with Gasteiger partial charge in [0, 0.05) is 37.7 Å². The van der Waals surface area contributed by atoms with Crippen molar-refractivity contribution in [3.05, 3.63) is 59.1 Å². The first-order valence-electron chi connectivity index (χ1n) is 10.0. The molecule has 156 valence electrons. The van der Waals surface area contributed by atoms with Gasteiger partial charge < -0.3 is 10.2 Å². The number of Topliss-reactive ketones (excluding diaryl/α,β-unsaturated/α-hetero) is 1. The normalized spacial score (nSPS) is 14.1. The van der Waals surface area contributed by atoms with Crippen LogP contribution in [0.5, 0.6) is 0 Å². The Bertz CT molecular complexity index is 1130. The standard InChI is InChI=1S/C23H21N5O2S/c1-15(29)21-20(17-5-3-2-4-6-17)26-23(31-21)27-22(30)18-9-11-28(12-10-18)19-8-7-16(13-24)14-25-19/h2-8,14,18H,9-12H2,1H3,(H,26,27,30). The van der Waals surface area contributed by atoms with Gasteiger partial charge in [0.05, 0.1) is 16.1 Å². The molecule has 3 aromatic rings. The molecule has 1 amide bonds. The van der Waals surface area contributed by atoms with Crippen LogP contribution in [-0.2, 0) is 4.79 Å². The fourth-order valence-electron chi connectivity index (χ4n) is 3.62. The third-order valence-corrected chi connectivity index (χ3v) is 6.36. The largest absolute Gasteiger partial charge is 0.357 e. The monoisotopic (exact) mass is 431 g/mol. The first-order chi connectivity index (χ1) is 15.0. The Kier molecular flexibility index (Phi) is 6.05. The average molecular weight is 432 g/mol. The molecular weight excluding hydrogens is 410 g/mol. The number of benzene rings is 1. The summed E-state index contributed by atoms with van der Waals surface area (Å²) >= 11 is 1.22. The molecule has 1 saturated heterocycles. The van der Waals surface area contributed by atoms with Gasteiger partial charge in [-0.3, -0.25) is 9.59 Å². The fourth-order valence-corrected chi connectivity index (χ4v) is 4.51. The maximum atomic E-state index is 12.8. The Labute approximate surface area is 184 Å². The molecule has 0 unspecified atom stereocenters. The summed E-state index contributed by atoms with van der Waals surface area (Å²) in [5.74, 6) is 0.548. The Morgan fingerprint density at radius 2 is 1.90 bits per heavy atom. The predicted octanol–water partition coefficient (Wildman–Crippen LogP) is 4.13. The molecule has 7 nitrogen and oxygen atoms in total. The predicted molar refractivity (Wildman–Crippen MR) is 120 cm³/mol. The van der Waals surface area contributed by atoms with Crippen LogP contribution >= 0.6 is 11.3 Å². The summed E-state index contributed by atoms with van der Waals surface area (Å²) < 4.78 is 0. The minimum Gasteiger partial charge on any atom is -0.357 e. The van der Waals surface area contributed by atoms with Crippen molar-refractivity contribution in [1.82, 2.24) is 9.97 Å². The van der Waals surface area contributed by atoms with E-state index in [1.54, 1.807) is 12.3 Å². The second-order valence-corrected chi connectivity index (χ2v) is 8.39. The number of pyridine rings is 1. The average Bonchev–Trinajstić information content (AvgIpc) is 3.24. The van der Waals surface area contributed by atoms with Gasteiger partial charge in [0.1, 0.15) is 11.9 Å². The molecule has 1 N–H and O–H groups in total. The quantitative estimate of drug-likeness (QED) is 0.610. The zero-order valence-electron chi connectivity index (χ0n) is 17.0. The van der Waals surface area contributed by atoms with Gasteiger partial charge in [0.2, 0.25) is 5.91 Å². The number of hydrogen-bond acceptors (Lipinski definition) is 7. The number of aromatic nitrogens is 2. The van der Waals surface area contributed by atoms with Crippen molar-refractivity contribution in [1.29, 1.82) is 5.26 Å². The van der Waals surface area contributed by atoms with E-state index in [4.69, 9.17) is 5.26 Å². The lowest BCUT2D eigenvalue weighted by Gasteiger charge is -2.31. The molecule has 1 aliphatic heterocycles. The van der Waals surface area contributed by atoms with E-state index < -0.39 is 0 Å². The zero-order chi connectivity index (χ0) is 21.8. The maximum absolute atomic E-state index is 12.8. The number of carbonyl (C=O) groups excluding carboxylic acids is 2. The number of rotatable bonds is 5. The van der Waals surface area contributed by atoms with Crippen LogP contribution in [0.4, 0.5) is 10.9 Å². The van der Waals surface area contributed by atoms with Crippen LogP contribution in [0.15, 0.2) is 48.7 Å². The lowest BCUT2D eigenvalue weighted by Crippen LogP contribution is -2.38. The molecule has 0 saturated carbocycles. The van der Waals surface area contributed by atoms with Gasteiger partial charge in [-0.05, 0) is 25.0 Å². The highest BCUT2D eigenvalue weighted by atomic mass is 32.1. The summed E-state index contributed by atoms with van der Waals surface area (Å²) in [5, 5.41) is 12.3. The van der Waals surface area contributed by atoms with Gasteiger partial charge in [-0.2, -0.15) is 5.26 Å². The van der Waals surface area contributed by atoms with Crippen LogP contribution in [0, 0.1) is 17.2 Å². The summed E-state index contributed by atoms with van der Waals surface area (Å²) in [6.45, 7) is 2.93. The SMILES string of the molecule is CC(=O)c1sc(NC(=O)C2CCN(c3ccc(C#N)cn3)CC2)nc1-c1ccccc1. The van der Waals surface area contributed by atoms with Crippen LogP contribution in [0.1, 0.15) is 35.0 Å². The number of amides is 1. The van der Waals surface area contributed by atoms with Gasteiger partial charge in [-0.1, -0.05) is 41.7 Å². The summed E-state index contributed by atoms with van der Waals surface area (Å²) in [5.41, 5.74) is 1.99. The number of anilines is 2. The highest BCUT2D eigenvalue weighted by Gasteiger charge is 2.27. The second-order valence-electron chi connectivity index (χ2n) is 7.39. The summed E-state index contributed by atoms with van der Waals surface area (Å²) in [7, 11) is 0. The molecule has 1 aromatic carbocycles. The van der Waals surface area contributed by atoms with E-state index in [-0.39, 0.29) is 17.6 Å². The number of carbonyl (C=O) groups is 2. The summed E-state index contributed by atoms with van der Waals surface area (Å²) in [6, 6.07) is 15.2. The molecule has 0 spiro atoms. The van der Waals surface area contributed by atoms with E-state index in [0.717, 1.165) is 11.4 Å². The van der Waals surface area contributed by atoms with Crippen molar-refractivity contribution < 1.29 is 9.59 Å². The van der Waals surface area contributed by atoms with E-state index in [1.165, 1.54) is 18.3 Å². The Hall–Kier alpha value is -3.57. The summed E-state index contributed by atoms with van der Waals surface area (Å²) in [6.07, 6.45) is 2.96. The highest BCUT2D eigenvalue weighted by Crippen LogP contribution is 2.32. The van der Waals surface area contributed by atoms with Gasteiger partial charge in [0.25, 0.3) is 0 Å². The molecular formula is C23H21N5O2S. The third kappa shape index (κ3) is 4.62. The zero-order valence-corrected chi connectivity index (χ0v) is 17.9. The summed E-state index contributed by atoms with van der Waals surface area (Å²) in [4.78, 5) is 36.4. The number of nitrogens with zero attached hydrogens (tertiary/aromatic N) is 4. The Morgan fingerprint density at radius 1 is 1.16 bits per heavy atom. The van der Waals surface area contributed by atoms with Crippen molar-refractivity contribution >= 4 is 34.0 Å². The number of piperidine rings is 1. The highest BCUT2D eigenvalue weighted by molar-refractivity contribution is 7.18. The molecule has 0 radical (unpaired) electrons. The topological polar surface area (TPSA) is 99.0 Å². The Morgan fingerprint density at radius 3 is 2.52 bits per heavy atom. The lowest BCUT2D eigenvalue weighted by molar-refractivity contribution is -0.120. The molecule has 1 aliphatic rings. The van der Waals surface area contributed by atoms with Gasteiger partial charge in [-0.25, -0.2) is 9.97 Å². The molecule has 0 atom stereocenters. The van der Waals surface area contributed by atoms with Crippen LogP contribution in [-0.4, -0.2) is 34.7 Å². The smallest absolute Gasteiger partial charge is 0.229 e. The molecule has 0 bridgehead atoms. The number of nitrogens with one attached hydrogen (secondary N) is 1. The molecule has 31 heavy (non-hydrogen) atoms. The van der Waals surface area contributed by atoms with Crippen LogP contribution in [0.25, 0.3) is 11.3 Å². The van der Waals surface area contributed by atoms with Crippen LogP contribution < -0.4 is 10.2 Å². The van der Waals surface area contributed by atoms with Gasteiger partial charge in [0.15, 0.2) is 10.9 Å². The van der Waals surface area contributed by atoms with Crippen LogP contribution in [0.3, 0.4) is 0 Å². The Balaban J connectivity index is 1.41.